The van der Waals surface area contributed by atoms with E-state index >= 15 is 0 Å². The van der Waals surface area contributed by atoms with E-state index in [4.69, 9.17) is 4.74 Å². The van der Waals surface area contributed by atoms with E-state index in [0.717, 1.165) is 25.4 Å². The van der Waals surface area contributed by atoms with E-state index in [1.807, 2.05) is 17.0 Å². The normalized spacial score (nSPS) is 17.9. The van der Waals surface area contributed by atoms with Crippen LogP contribution in [0.2, 0.25) is 0 Å². The van der Waals surface area contributed by atoms with Crippen LogP contribution in [-0.4, -0.2) is 49.0 Å². The van der Waals surface area contributed by atoms with E-state index in [9.17, 15) is 9.18 Å². The number of likely N-dealkylation sites (tertiary alicyclic amines) is 1. The van der Waals surface area contributed by atoms with Gasteiger partial charge in [-0.15, -0.1) is 0 Å². The van der Waals surface area contributed by atoms with Gasteiger partial charge in [-0.25, -0.2) is 4.39 Å². The van der Waals surface area contributed by atoms with Gasteiger partial charge in [-0.2, -0.15) is 0 Å². The van der Waals surface area contributed by atoms with E-state index in [1.54, 1.807) is 19.2 Å². The van der Waals surface area contributed by atoms with Gasteiger partial charge in [-0.05, 0) is 66.3 Å². The van der Waals surface area contributed by atoms with Crippen LogP contribution in [0.4, 0.5) is 4.39 Å². The highest BCUT2D eigenvalue weighted by molar-refractivity contribution is 5.94. The number of benzene rings is 3. The van der Waals surface area contributed by atoms with Crippen molar-refractivity contribution in [3.63, 3.8) is 0 Å². The molecule has 4 rings (SSSR count). The van der Waals surface area contributed by atoms with Gasteiger partial charge in [-0.1, -0.05) is 55.8 Å². The van der Waals surface area contributed by atoms with E-state index in [0.29, 0.717) is 24.6 Å². The molecule has 5 heteroatoms. The molecule has 0 saturated carbocycles. The maximum atomic E-state index is 13.5. The van der Waals surface area contributed by atoms with Crippen molar-refractivity contribution in [2.45, 2.75) is 33.2 Å². The van der Waals surface area contributed by atoms with Gasteiger partial charge in [0, 0.05) is 44.2 Å². The molecule has 0 aromatic heterocycles. The van der Waals surface area contributed by atoms with E-state index in [1.165, 1.54) is 28.8 Å². The van der Waals surface area contributed by atoms with Crippen molar-refractivity contribution >= 4 is 5.91 Å². The summed E-state index contributed by atoms with van der Waals surface area (Å²) in [5.74, 6) is 1.36. The molecule has 1 aliphatic rings. The molecule has 36 heavy (non-hydrogen) atoms. The maximum Gasteiger partial charge on any atom is 0.253 e. The molecule has 3 aromatic carbocycles. The Balaban J connectivity index is 1.59. The lowest BCUT2D eigenvalue weighted by Gasteiger charge is -2.30. The zero-order chi connectivity index (χ0) is 25.7. The molecule has 1 heterocycles. The Labute approximate surface area is 214 Å². The van der Waals surface area contributed by atoms with E-state index in [-0.39, 0.29) is 23.6 Å². The van der Waals surface area contributed by atoms with Crippen molar-refractivity contribution in [1.82, 2.24) is 9.80 Å². The van der Waals surface area contributed by atoms with Crippen molar-refractivity contribution in [2.24, 2.45) is 11.8 Å². The fourth-order valence-corrected chi connectivity index (χ4v) is 5.22. The van der Waals surface area contributed by atoms with Crippen LogP contribution in [0.1, 0.15) is 46.8 Å². The topological polar surface area (TPSA) is 32.8 Å². The standard InChI is InChI=1S/C31H37FN2O2/c1-22(2)17-34(31(35)25-12-14-28(32)15-13-25)20-27-19-33(18-24-10-8-23(3)9-11-24)21-30(27)26-6-5-7-29(16-26)36-4/h5-16,22,27,30H,17-21H2,1-4H3/t27-,30-/m0/s1. The molecule has 1 fully saturated rings. The summed E-state index contributed by atoms with van der Waals surface area (Å²) in [7, 11) is 1.70. The van der Waals surface area contributed by atoms with Gasteiger partial charge in [0.05, 0.1) is 7.11 Å². The summed E-state index contributed by atoms with van der Waals surface area (Å²) < 4.78 is 19.0. The van der Waals surface area contributed by atoms with Gasteiger partial charge in [0.15, 0.2) is 0 Å². The second kappa shape index (κ2) is 11.7. The highest BCUT2D eigenvalue weighted by Gasteiger charge is 2.36. The number of methoxy groups -OCH3 is 1. The van der Waals surface area contributed by atoms with Crippen LogP contribution < -0.4 is 4.74 Å². The van der Waals surface area contributed by atoms with Crippen LogP contribution in [0.15, 0.2) is 72.8 Å². The Bertz CT molecular complexity index is 1140. The van der Waals surface area contributed by atoms with Crippen molar-refractivity contribution in [1.29, 1.82) is 0 Å². The number of amides is 1. The van der Waals surface area contributed by atoms with Gasteiger partial charge in [-0.3, -0.25) is 9.69 Å². The predicted octanol–water partition coefficient (Wildman–Crippen LogP) is 6.16. The first-order chi connectivity index (χ1) is 17.3. The van der Waals surface area contributed by atoms with Crippen LogP contribution in [0.25, 0.3) is 0 Å². The van der Waals surface area contributed by atoms with Crippen molar-refractivity contribution in [3.8, 4) is 5.75 Å². The Morgan fingerprint density at radius 3 is 2.44 bits per heavy atom. The quantitative estimate of drug-likeness (QED) is 0.362. The van der Waals surface area contributed by atoms with Gasteiger partial charge >= 0.3 is 0 Å². The van der Waals surface area contributed by atoms with Crippen LogP contribution in [0.3, 0.4) is 0 Å². The average Bonchev–Trinajstić information content (AvgIpc) is 3.27. The van der Waals surface area contributed by atoms with Crippen molar-refractivity contribution in [2.75, 3.05) is 33.3 Å². The lowest BCUT2D eigenvalue weighted by atomic mass is 9.88. The Morgan fingerprint density at radius 2 is 1.78 bits per heavy atom. The number of carbonyl (C=O) groups excluding carboxylic acids is 1. The molecule has 0 spiro atoms. The Hall–Kier alpha value is -3.18. The van der Waals surface area contributed by atoms with Crippen LogP contribution in [0.5, 0.6) is 5.75 Å². The molecule has 4 nitrogen and oxygen atoms in total. The summed E-state index contributed by atoms with van der Waals surface area (Å²) in [5.41, 5.74) is 4.33. The summed E-state index contributed by atoms with van der Waals surface area (Å²) in [4.78, 5) is 18.0. The molecule has 0 radical (unpaired) electrons. The zero-order valence-corrected chi connectivity index (χ0v) is 21.8. The summed E-state index contributed by atoms with van der Waals surface area (Å²) in [6.07, 6.45) is 0. The number of aryl methyl sites for hydroxylation is 1. The number of nitrogens with zero attached hydrogens (tertiary/aromatic N) is 2. The number of ether oxygens (including phenoxy) is 1. The molecule has 1 aliphatic heterocycles. The molecule has 0 N–H and O–H groups in total. The predicted molar refractivity (Wildman–Crippen MR) is 143 cm³/mol. The molecular weight excluding hydrogens is 451 g/mol. The minimum Gasteiger partial charge on any atom is -0.497 e. The molecule has 2 atom stereocenters. The van der Waals surface area contributed by atoms with Crippen LogP contribution >= 0.6 is 0 Å². The number of rotatable bonds is 9. The second-order valence-electron chi connectivity index (χ2n) is 10.4. The molecule has 0 unspecified atom stereocenters. The largest absolute Gasteiger partial charge is 0.497 e. The SMILES string of the molecule is COc1cccc([C@@H]2CN(Cc3ccc(C)cc3)C[C@H]2CN(CC(C)C)C(=O)c2ccc(F)cc2)c1. The summed E-state index contributed by atoms with van der Waals surface area (Å²) in [6.45, 7) is 10.4. The molecule has 3 aromatic rings. The molecule has 190 valence electrons. The molecule has 0 aliphatic carbocycles. The number of hydrogen-bond donors (Lipinski definition) is 0. The lowest BCUT2D eigenvalue weighted by molar-refractivity contribution is 0.0703. The van der Waals surface area contributed by atoms with Gasteiger partial charge in [0.2, 0.25) is 0 Å². The van der Waals surface area contributed by atoms with Gasteiger partial charge < -0.3 is 9.64 Å². The molecular formula is C31H37FN2O2. The third kappa shape index (κ3) is 6.52. The average molecular weight is 489 g/mol. The van der Waals surface area contributed by atoms with E-state index in [2.05, 4.69) is 62.1 Å². The minimum atomic E-state index is -0.331. The second-order valence-corrected chi connectivity index (χ2v) is 10.4. The minimum absolute atomic E-state index is 0.0370. The zero-order valence-electron chi connectivity index (χ0n) is 21.8. The first-order valence-electron chi connectivity index (χ1n) is 12.8. The first kappa shape index (κ1) is 25.9. The third-order valence-corrected chi connectivity index (χ3v) is 6.98. The Morgan fingerprint density at radius 1 is 1.06 bits per heavy atom. The summed E-state index contributed by atoms with van der Waals surface area (Å²) in [5, 5.41) is 0. The number of halogens is 1. The van der Waals surface area contributed by atoms with Crippen molar-refractivity contribution < 1.29 is 13.9 Å². The highest BCUT2D eigenvalue weighted by atomic mass is 19.1. The number of carbonyl (C=O) groups is 1. The summed E-state index contributed by atoms with van der Waals surface area (Å²) >= 11 is 0. The monoisotopic (exact) mass is 488 g/mol. The van der Waals surface area contributed by atoms with Crippen molar-refractivity contribution in [3.05, 3.63) is 101 Å². The van der Waals surface area contributed by atoms with Crippen LogP contribution in [0, 0.1) is 24.6 Å². The molecule has 1 saturated heterocycles. The fourth-order valence-electron chi connectivity index (χ4n) is 5.22. The lowest BCUT2D eigenvalue weighted by Crippen LogP contribution is -2.39. The fraction of sp³-hybridized carbons (Fsp3) is 0.387. The smallest absolute Gasteiger partial charge is 0.253 e. The molecule has 0 bridgehead atoms. The summed E-state index contributed by atoms with van der Waals surface area (Å²) in [6, 6.07) is 22.9. The number of hydrogen-bond acceptors (Lipinski definition) is 3. The highest BCUT2D eigenvalue weighted by Crippen LogP contribution is 2.36. The first-order valence-corrected chi connectivity index (χ1v) is 12.8. The van der Waals surface area contributed by atoms with Crippen LogP contribution in [-0.2, 0) is 6.54 Å². The Kier molecular flexibility index (Phi) is 8.42. The third-order valence-electron chi connectivity index (χ3n) is 6.98. The van der Waals surface area contributed by atoms with Gasteiger partial charge in [0.25, 0.3) is 5.91 Å². The van der Waals surface area contributed by atoms with Gasteiger partial charge in [0.1, 0.15) is 11.6 Å². The van der Waals surface area contributed by atoms with E-state index < -0.39 is 0 Å². The maximum absolute atomic E-state index is 13.5. The molecule has 1 amide bonds.